The Hall–Kier alpha value is -3.34. The predicted molar refractivity (Wildman–Crippen MR) is 94.8 cm³/mol. The van der Waals surface area contributed by atoms with Gasteiger partial charge in [0.05, 0.1) is 11.9 Å². The first kappa shape index (κ1) is 15.6. The highest BCUT2D eigenvalue weighted by atomic mass is 16.5. The smallest absolute Gasteiger partial charge is 0.222 e. The van der Waals surface area contributed by atoms with E-state index in [1.54, 1.807) is 12.3 Å². The summed E-state index contributed by atoms with van der Waals surface area (Å²) in [6, 6.07) is 20.9. The van der Waals surface area contributed by atoms with Crippen LogP contribution in [0.4, 0.5) is 17.2 Å². The van der Waals surface area contributed by atoms with Crippen molar-refractivity contribution in [3.63, 3.8) is 0 Å². The highest BCUT2D eigenvalue weighted by Crippen LogP contribution is 2.24. The van der Waals surface area contributed by atoms with Crippen molar-refractivity contribution in [2.24, 2.45) is 0 Å². The van der Waals surface area contributed by atoms with Gasteiger partial charge < -0.3 is 15.4 Å². The molecule has 0 atom stereocenters. The molecule has 0 aliphatic carbocycles. The van der Waals surface area contributed by atoms with Crippen LogP contribution in [0.1, 0.15) is 6.92 Å². The molecule has 0 fully saturated rings. The average Bonchev–Trinajstić information content (AvgIpc) is 2.59. The van der Waals surface area contributed by atoms with Crippen molar-refractivity contribution in [2.75, 3.05) is 10.6 Å². The van der Waals surface area contributed by atoms with E-state index in [0.717, 1.165) is 22.9 Å². The van der Waals surface area contributed by atoms with E-state index in [9.17, 15) is 4.79 Å². The number of hydrogen-bond acceptors (Lipinski definition) is 4. The summed E-state index contributed by atoms with van der Waals surface area (Å²) in [7, 11) is 0. The Bertz CT molecular complexity index is 800. The summed E-state index contributed by atoms with van der Waals surface area (Å²) >= 11 is 0. The molecule has 0 saturated carbocycles. The van der Waals surface area contributed by atoms with Gasteiger partial charge in [-0.3, -0.25) is 4.79 Å². The van der Waals surface area contributed by atoms with Crippen LogP contribution >= 0.6 is 0 Å². The van der Waals surface area contributed by atoms with Gasteiger partial charge in [-0.15, -0.1) is 0 Å². The number of amides is 1. The maximum absolute atomic E-state index is 11.0. The highest BCUT2D eigenvalue weighted by Gasteiger charge is 2.00. The molecule has 5 heteroatoms. The molecule has 1 heterocycles. The third-order valence-corrected chi connectivity index (χ3v) is 3.19. The van der Waals surface area contributed by atoms with Gasteiger partial charge in [0.2, 0.25) is 5.91 Å². The molecule has 5 nitrogen and oxygen atoms in total. The summed E-state index contributed by atoms with van der Waals surface area (Å²) < 4.78 is 5.76. The number of carbonyl (C=O) groups is 1. The number of rotatable bonds is 5. The molecule has 0 radical (unpaired) electrons. The Morgan fingerprint density at radius 2 is 1.54 bits per heavy atom. The molecule has 2 aromatic carbocycles. The third kappa shape index (κ3) is 4.33. The molecule has 0 saturated heterocycles. The van der Waals surface area contributed by atoms with E-state index in [-0.39, 0.29) is 5.91 Å². The largest absolute Gasteiger partial charge is 0.457 e. The fourth-order valence-electron chi connectivity index (χ4n) is 2.12. The van der Waals surface area contributed by atoms with Gasteiger partial charge in [-0.2, -0.15) is 0 Å². The van der Waals surface area contributed by atoms with Gasteiger partial charge in [0, 0.05) is 12.6 Å². The first-order valence-corrected chi connectivity index (χ1v) is 7.53. The Morgan fingerprint density at radius 1 is 0.875 bits per heavy atom. The van der Waals surface area contributed by atoms with Crippen molar-refractivity contribution in [1.29, 1.82) is 0 Å². The Kier molecular flexibility index (Phi) is 4.72. The minimum Gasteiger partial charge on any atom is -0.457 e. The third-order valence-electron chi connectivity index (χ3n) is 3.19. The topological polar surface area (TPSA) is 63.2 Å². The van der Waals surface area contributed by atoms with Crippen LogP contribution in [-0.2, 0) is 4.79 Å². The zero-order valence-electron chi connectivity index (χ0n) is 13.2. The molecular weight excluding hydrogens is 302 g/mol. The second-order valence-electron chi connectivity index (χ2n) is 5.18. The Morgan fingerprint density at radius 3 is 2.17 bits per heavy atom. The van der Waals surface area contributed by atoms with Crippen LogP contribution in [0.15, 0.2) is 72.9 Å². The summed E-state index contributed by atoms with van der Waals surface area (Å²) in [6.07, 6.45) is 1.67. The monoisotopic (exact) mass is 319 g/mol. The van der Waals surface area contributed by atoms with E-state index in [2.05, 4.69) is 15.6 Å². The van der Waals surface area contributed by atoms with Crippen molar-refractivity contribution >= 4 is 23.1 Å². The number of hydrogen-bond donors (Lipinski definition) is 2. The normalized spacial score (nSPS) is 10.0. The second kappa shape index (κ2) is 7.28. The average molecular weight is 319 g/mol. The first-order valence-electron chi connectivity index (χ1n) is 7.53. The molecule has 3 aromatic rings. The van der Waals surface area contributed by atoms with Gasteiger partial charge in [-0.1, -0.05) is 18.2 Å². The summed E-state index contributed by atoms with van der Waals surface area (Å²) in [6.45, 7) is 1.45. The zero-order chi connectivity index (χ0) is 16.8. The van der Waals surface area contributed by atoms with Gasteiger partial charge in [0.25, 0.3) is 0 Å². The summed E-state index contributed by atoms with van der Waals surface area (Å²) in [5, 5.41) is 5.88. The molecule has 0 unspecified atom stereocenters. The molecule has 0 bridgehead atoms. The number of carbonyl (C=O) groups excluding carboxylic acids is 1. The van der Waals surface area contributed by atoms with Crippen LogP contribution in [-0.4, -0.2) is 10.9 Å². The molecule has 1 aromatic heterocycles. The number of anilines is 3. The van der Waals surface area contributed by atoms with Crippen LogP contribution in [0.5, 0.6) is 11.5 Å². The maximum Gasteiger partial charge on any atom is 0.222 e. The Labute approximate surface area is 140 Å². The molecule has 0 spiro atoms. The summed E-state index contributed by atoms with van der Waals surface area (Å²) in [4.78, 5) is 15.1. The van der Waals surface area contributed by atoms with Crippen LogP contribution in [0.2, 0.25) is 0 Å². The lowest BCUT2D eigenvalue weighted by Crippen LogP contribution is -2.07. The van der Waals surface area contributed by atoms with E-state index in [1.165, 1.54) is 6.92 Å². The van der Waals surface area contributed by atoms with Gasteiger partial charge >= 0.3 is 0 Å². The van der Waals surface area contributed by atoms with Gasteiger partial charge in [-0.25, -0.2) is 4.98 Å². The fraction of sp³-hybridized carbons (Fsp3) is 0.0526. The molecule has 0 aliphatic heterocycles. The van der Waals surface area contributed by atoms with E-state index in [1.807, 2.05) is 60.7 Å². The molecular formula is C19H17N3O2. The van der Waals surface area contributed by atoms with Crippen molar-refractivity contribution < 1.29 is 9.53 Å². The van der Waals surface area contributed by atoms with Crippen molar-refractivity contribution in [2.45, 2.75) is 6.92 Å². The van der Waals surface area contributed by atoms with Crippen LogP contribution < -0.4 is 15.4 Å². The standard InChI is InChI=1S/C19H17N3O2/c1-14(23)21-19-12-9-16(13-20-19)22-15-7-10-18(11-8-15)24-17-5-3-2-4-6-17/h2-13,22H,1H3,(H,20,21,23). The lowest BCUT2D eigenvalue weighted by molar-refractivity contribution is -0.114. The zero-order valence-corrected chi connectivity index (χ0v) is 13.2. The van der Waals surface area contributed by atoms with E-state index in [4.69, 9.17) is 4.74 Å². The molecule has 2 N–H and O–H groups in total. The number of nitrogens with zero attached hydrogens (tertiary/aromatic N) is 1. The number of aromatic nitrogens is 1. The molecule has 3 rings (SSSR count). The second-order valence-corrected chi connectivity index (χ2v) is 5.18. The van der Waals surface area contributed by atoms with E-state index in [0.29, 0.717) is 5.82 Å². The van der Waals surface area contributed by atoms with Crippen LogP contribution in [0.3, 0.4) is 0 Å². The fourth-order valence-corrected chi connectivity index (χ4v) is 2.12. The molecule has 0 aliphatic rings. The van der Waals surface area contributed by atoms with E-state index >= 15 is 0 Å². The lowest BCUT2D eigenvalue weighted by atomic mass is 10.3. The lowest BCUT2D eigenvalue weighted by Gasteiger charge is -2.09. The minimum atomic E-state index is -0.141. The van der Waals surface area contributed by atoms with Gasteiger partial charge in [0.15, 0.2) is 0 Å². The number of nitrogens with one attached hydrogen (secondary N) is 2. The number of pyridine rings is 1. The van der Waals surface area contributed by atoms with Crippen molar-refractivity contribution in [3.8, 4) is 11.5 Å². The molecule has 120 valence electrons. The van der Waals surface area contributed by atoms with Crippen molar-refractivity contribution in [3.05, 3.63) is 72.9 Å². The number of benzene rings is 2. The molecule has 24 heavy (non-hydrogen) atoms. The highest BCUT2D eigenvalue weighted by molar-refractivity contribution is 5.87. The first-order chi connectivity index (χ1) is 11.7. The van der Waals surface area contributed by atoms with Gasteiger partial charge in [0.1, 0.15) is 17.3 Å². The molecule has 1 amide bonds. The van der Waals surface area contributed by atoms with E-state index < -0.39 is 0 Å². The quantitative estimate of drug-likeness (QED) is 0.723. The summed E-state index contributed by atoms with van der Waals surface area (Å²) in [5.41, 5.74) is 1.75. The number of ether oxygens (including phenoxy) is 1. The SMILES string of the molecule is CC(=O)Nc1ccc(Nc2ccc(Oc3ccccc3)cc2)cn1. The summed E-state index contributed by atoms with van der Waals surface area (Å²) in [5.74, 6) is 1.96. The van der Waals surface area contributed by atoms with Gasteiger partial charge in [-0.05, 0) is 48.5 Å². The van der Waals surface area contributed by atoms with Crippen molar-refractivity contribution in [1.82, 2.24) is 4.98 Å². The minimum absolute atomic E-state index is 0.141. The number of para-hydroxylation sites is 1. The maximum atomic E-state index is 11.0. The predicted octanol–water partition coefficient (Wildman–Crippen LogP) is 4.58. The Balaban J connectivity index is 1.62. The van der Waals surface area contributed by atoms with Crippen LogP contribution in [0, 0.1) is 0 Å². The van der Waals surface area contributed by atoms with Crippen LogP contribution in [0.25, 0.3) is 0 Å².